The molecule has 0 spiro atoms. The van der Waals surface area contributed by atoms with Crippen LogP contribution in [0.25, 0.3) is 0 Å². The van der Waals surface area contributed by atoms with Crippen molar-refractivity contribution in [3.8, 4) is 0 Å². The number of hydrogen-bond acceptors (Lipinski definition) is 3. The first-order valence-corrected chi connectivity index (χ1v) is 8.73. The molecule has 1 aromatic carbocycles. The zero-order chi connectivity index (χ0) is 17.3. The number of rotatable bonds is 2. The zero-order valence-corrected chi connectivity index (χ0v) is 14.7. The number of amides is 2. The van der Waals surface area contributed by atoms with E-state index in [9.17, 15) is 9.59 Å². The van der Waals surface area contributed by atoms with E-state index in [0.29, 0.717) is 13.0 Å². The summed E-state index contributed by atoms with van der Waals surface area (Å²) in [7, 11) is 0. The summed E-state index contributed by atoms with van der Waals surface area (Å²) in [5.74, 6) is -0.0694. The highest BCUT2D eigenvalue weighted by Gasteiger charge is 2.37. The Morgan fingerprint density at radius 3 is 2.71 bits per heavy atom. The Labute approximate surface area is 143 Å². The van der Waals surface area contributed by atoms with E-state index in [4.69, 9.17) is 4.74 Å². The molecule has 0 bridgehead atoms. The van der Waals surface area contributed by atoms with E-state index in [1.54, 1.807) is 4.90 Å². The highest BCUT2D eigenvalue weighted by Crippen LogP contribution is 2.31. The predicted octanol–water partition coefficient (Wildman–Crippen LogP) is 3.19. The summed E-state index contributed by atoms with van der Waals surface area (Å²) in [6, 6.07) is 7.86. The van der Waals surface area contributed by atoms with Crippen LogP contribution in [0.1, 0.15) is 57.2 Å². The van der Waals surface area contributed by atoms with E-state index < -0.39 is 17.7 Å². The third kappa shape index (κ3) is 3.55. The Kier molecular flexibility index (Phi) is 4.52. The number of nitrogens with one attached hydrogen (secondary N) is 1. The monoisotopic (exact) mass is 330 g/mol. The maximum Gasteiger partial charge on any atom is 0.410 e. The Morgan fingerprint density at radius 2 is 1.96 bits per heavy atom. The molecular formula is C19H26N2O3. The van der Waals surface area contributed by atoms with E-state index in [1.807, 2.05) is 32.9 Å². The molecule has 2 aliphatic rings. The van der Waals surface area contributed by atoms with Gasteiger partial charge in [-0.2, -0.15) is 0 Å². The molecule has 1 saturated heterocycles. The summed E-state index contributed by atoms with van der Waals surface area (Å²) in [6.45, 7) is 6.09. The van der Waals surface area contributed by atoms with Crippen LogP contribution in [-0.4, -0.2) is 35.1 Å². The van der Waals surface area contributed by atoms with Crippen molar-refractivity contribution in [1.82, 2.24) is 10.2 Å². The van der Waals surface area contributed by atoms with Gasteiger partial charge >= 0.3 is 6.09 Å². The van der Waals surface area contributed by atoms with Crippen LogP contribution in [0, 0.1) is 0 Å². The first kappa shape index (κ1) is 16.8. The van der Waals surface area contributed by atoms with Gasteiger partial charge in [0.1, 0.15) is 11.6 Å². The van der Waals surface area contributed by atoms with Crippen LogP contribution in [0.5, 0.6) is 0 Å². The maximum absolute atomic E-state index is 12.7. The lowest BCUT2D eigenvalue weighted by atomic mass is 10.1. The lowest BCUT2D eigenvalue weighted by Crippen LogP contribution is -2.48. The van der Waals surface area contributed by atoms with E-state index >= 15 is 0 Å². The average Bonchev–Trinajstić information content (AvgIpc) is 3.13. The van der Waals surface area contributed by atoms with Crippen LogP contribution in [0.15, 0.2) is 24.3 Å². The van der Waals surface area contributed by atoms with Gasteiger partial charge in [-0.25, -0.2) is 4.79 Å². The van der Waals surface area contributed by atoms with Crippen LogP contribution >= 0.6 is 0 Å². The molecule has 1 heterocycles. The number of likely N-dealkylation sites (tertiary alicyclic amines) is 1. The standard InChI is InChI=1S/C19H26N2O3/c1-19(2,3)24-18(23)21-12-6-9-16(21)17(22)20-15-11-10-13-7-4-5-8-14(13)15/h4-5,7-8,15-16H,6,9-12H2,1-3H3,(H,20,22)/t15-,16+/m1/s1. The van der Waals surface area contributed by atoms with Gasteiger partial charge in [0.2, 0.25) is 5.91 Å². The molecule has 0 unspecified atom stereocenters. The number of nitrogens with zero attached hydrogens (tertiary/aromatic N) is 1. The Bertz CT molecular complexity index is 636. The topological polar surface area (TPSA) is 58.6 Å². The van der Waals surface area contributed by atoms with E-state index in [0.717, 1.165) is 19.3 Å². The van der Waals surface area contributed by atoms with Crippen molar-refractivity contribution in [1.29, 1.82) is 0 Å². The second-order valence-electron chi connectivity index (χ2n) is 7.63. The number of carbonyl (C=O) groups is 2. The van der Waals surface area contributed by atoms with Gasteiger partial charge in [0.25, 0.3) is 0 Å². The largest absolute Gasteiger partial charge is 0.444 e. The van der Waals surface area contributed by atoms with Gasteiger partial charge in [0.15, 0.2) is 0 Å². The lowest BCUT2D eigenvalue weighted by Gasteiger charge is -2.28. The maximum atomic E-state index is 12.7. The quantitative estimate of drug-likeness (QED) is 0.906. The normalized spacial score (nSPS) is 23.0. The first-order valence-electron chi connectivity index (χ1n) is 8.73. The molecule has 0 radical (unpaired) electrons. The van der Waals surface area contributed by atoms with E-state index in [2.05, 4.69) is 17.4 Å². The average molecular weight is 330 g/mol. The summed E-state index contributed by atoms with van der Waals surface area (Å²) in [4.78, 5) is 26.6. The highest BCUT2D eigenvalue weighted by atomic mass is 16.6. The Balaban J connectivity index is 1.65. The molecule has 1 aliphatic carbocycles. The number of benzene rings is 1. The minimum absolute atomic E-state index is 0.0507. The van der Waals surface area contributed by atoms with Gasteiger partial charge in [-0.05, 0) is 57.6 Å². The molecule has 1 aliphatic heterocycles. The summed E-state index contributed by atoms with van der Waals surface area (Å²) in [5.41, 5.74) is 1.95. The van der Waals surface area contributed by atoms with Gasteiger partial charge in [-0.3, -0.25) is 9.69 Å². The third-order valence-electron chi connectivity index (χ3n) is 4.63. The molecule has 5 heteroatoms. The minimum atomic E-state index is -0.551. The first-order chi connectivity index (χ1) is 11.3. The second-order valence-corrected chi connectivity index (χ2v) is 7.63. The van der Waals surface area contributed by atoms with Gasteiger partial charge < -0.3 is 10.1 Å². The third-order valence-corrected chi connectivity index (χ3v) is 4.63. The fourth-order valence-corrected chi connectivity index (χ4v) is 3.55. The van der Waals surface area contributed by atoms with Gasteiger partial charge in [-0.15, -0.1) is 0 Å². The lowest BCUT2D eigenvalue weighted by molar-refractivity contribution is -0.126. The zero-order valence-electron chi connectivity index (χ0n) is 14.7. The van der Waals surface area contributed by atoms with Crippen molar-refractivity contribution >= 4 is 12.0 Å². The number of fused-ring (bicyclic) bond motifs is 1. The summed E-state index contributed by atoms with van der Waals surface area (Å²) in [6.07, 6.45) is 3.04. The SMILES string of the molecule is CC(C)(C)OC(=O)N1CCC[C@H]1C(=O)N[C@@H]1CCc2ccccc21. The van der Waals surface area contributed by atoms with Crippen LogP contribution < -0.4 is 5.32 Å². The Morgan fingerprint density at radius 1 is 1.21 bits per heavy atom. The predicted molar refractivity (Wildman–Crippen MR) is 91.6 cm³/mol. The molecule has 2 amide bonds. The molecular weight excluding hydrogens is 304 g/mol. The molecule has 130 valence electrons. The summed E-state index contributed by atoms with van der Waals surface area (Å²) >= 11 is 0. The van der Waals surface area contributed by atoms with E-state index in [1.165, 1.54) is 11.1 Å². The number of carbonyl (C=O) groups excluding carboxylic acids is 2. The molecule has 24 heavy (non-hydrogen) atoms. The molecule has 1 fully saturated rings. The van der Waals surface area contributed by atoms with Crippen molar-refractivity contribution in [2.45, 2.75) is 64.1 Å². The van der Waals surface area contributed by atoms with Gasteiger partial charge in [0, 0.05) is 6.54 Å². The molecule has 5 nitrogen and oxygen atoms in total. The van der Waals surface area contributed by atoms with Gasteiger partial charge in [-0.1, -0.05) is 24.3 Å². The molecule has 3 rings (SSSR count). The van der Waals surface area contributed by atoms with Crippen LogP contribution in [0.2, 0.25) is 0 Å². The van der Waals surface area contributed by atoms with E-state index in [-0.39, 0.29) is 11.9 Å². The van der Waals surface area contributed by atoms with Crippen molar-refractivity contribution < 1.29 is 14.3 Å². The van der Waals surface area contributed by atoms with Crippen molar-refractivity contribution in [3.63, 3.8) is 0 Å². The summed E-state index contributed by atoms with van der Waals surface area (Å²) < 4.78 is 5.44. The summed E-state index contributed by atoms with van der Waals surface area (Å²) in [5, 5.41) is 3.14. The number of ether oxygens (including phenoxy) is 1. The van der Waals surface area contributed by atoms with Crippen molar-refractivity contribution in [3.05, 3.63) is 35.4 Å². The molecule has 2 atom stereocenters. The second kappa shape index (κ2) is 6.46. The molecule has 1 N–H and O–H groups in total. The molecule has 1 aromatic rings. The van der Waals surface area contributed by atoms with Crippen molar-refractivity contribution in [2.24, 2.45) is 0 Å². The van der Waals surface area contributed by atoms with Gasteiger partial charge in [0.05, 0.1) is 6.04 Å². The fourth-order valence-electron chi connectivity index (χ4n) is 3.55. The van der Waals surface area contributed by atoms with Crippen LogP contribution in [-0.2, 0) is 16.0 Å². The molecule has 0 aromatic heterocycles. The highest BCUT2D eigenvalue weighted by molar-refractivity contribution is 5.86. The smallest absolute Gasteiger partial charge is 0.410 e. The van der Waals surface area contributed by atoms with Crippen LogP contribution in [0.4, 0.5) is 4.79 Å². The van der Waals surface area contributed by atoms with Crippen LogP contribution in [0.3, 0.4) is 0 Å². The minimum Gasteiger partial charge on any atom is -0.444 e. The molecule has 0 saturated carbocycles. The Hall–Kier alpha value is -2.04. The number of hydrogen-bond donors (Lipinski definition) is 1. The van der Waals surface area contributed by atoms with Crippen molar-refractivity contribution in [2.75, 3.05) is 6.54 Å². The number of aryl methyl sites for hydroxylation is 1. The fraction of sp³-hybridized carbons (Fsp3) is 0.579.